The van der Waals surface area contributed by atoms with Gasteiger partial charge in [-0.2, -0.15) is 13.2 Å². The summed E-state index contributed by atoms with van der Waals surface area (Å²) in [4.78, 5) is 12.8. The van der Waals surface area contributed by atoms with Gasteiger partial charge in [-0.3, -0.25) is 4.79 Å². The Morgan fingerprint density at radius 3 is 2.65 bits per heavy atom. The Kier molecular flexibility index (Phi) is 4.49. The van der Waals surface area contributed by atoms with E-state index in [0.717, 1.165) is 10.9 Å². The number of amides is 1. The molecule has 0 atom stereocenters. The topological polar surface area (TPSA) is 29.1 Å². The van der Waals surface area contributed by atoms with E-state index in [1.165, 1.54) is 23.5 Å². The second-order valence-electron chi connectivity index (χ2n) is 3.95. The van der Waals surface area contributed by atoms with Gasteiger partial charge in [0.1, 0.15) is 0 Å². The average Bonchev–Trinajstić information content (AvgIpc) is 2.88. The Labute approximate surface area is 125 Å². The third-order valence-corrected chi connectivity index (χ3v) is 4.11. The van der Waals surface area contributed by atoms with Crippen LogP contribution in [0, 0.1) is 0 Å². The first-order valence-electron chi connectivity index (χ1n) is 5.55. The van der Waals surface area contributed by atoms with Crippen molar-refractivity contribution in [2.24, 2.45) is 0 Å². The molecule has 0 aliphatic rings. The standard InChI is InChI=1S/C13H9BrF3NOS/c14-11-4-3-8(6-10(11)13(15,16)17)12(19)18-7-9-2-1-5-20-9/h1-6H,7H2,(H,18,19). The molecule has 0 unspecified atom stereocenters. The highest BCUT2D eigenvalue weighted by molar-refractivity contribution is 9.10. The number of rotatable bonds is 3. The summed E-state index contributed by atoms with van der Waals surface area (Å²) in [7, 11) is 0. The maximum atomic E-state index is 12.7. The van der Waals surface area contributed by atoms with E-state index < -0.39 is 17.6 Å². The molecule has 7 heteroatoms. The predicted octanol–water partition coefficient (Wildman–Crippen LogP) is 4.46. The largest absolute Gasteiger partial charge is 0.417 e. The Bertz CT molecular complexity index is 611. The van der Waals surface area contributed by atoms with Crippen molar-refractivity contribution >= 4 is 33.2 Å². The normalized spacial score (nSPS) is 11.4. The van der Waals surface area contributed by atoms with E-state index in [0.29, 0.717) is 6.54 Å². The molecule has 1 amide bonds. The van der Waals surface area contributed by atoms with E-state index in [1.54, 1.807) is 0 Å². The summed E-state index contributed by atoms with van der Waals surface area (Å²) in [5.41, 5.74) is -0.877. The molecule has 1 N–H and O–H groups in total. The van der Waals surface area contributed by atoms with Crippen LogP contribution in [0.1, 0.15) is 20.8 Å². The van der Waals surface area contributed by atoms with Crippen LogP contribution in [0.5, 0.6) is 0 Å². The Morgan fingerprint density at radius 2 is 2.05 bits per heavy atom. The Balaban J connectivity index is 2.14. The molecule has 0 spiro atoms. The smallest absolute Gasteiger partial charge is 0.347 e. The van der Waals surface area contributed by atoms with Crippen LogP contribution in [0.25, 0.3) is 0 Å². The summed E-state index contributed by atoms with van der Waals surface area (Å²) in [5.74, 6) is -0.531. The van der Waals surface area contributed by atoms with Gasteiger partial charge in [0, 0.05) is 14.9 Å². The first-order chi connectivity index (χ1) is 9.38. The lowest BCUT2D eigenvalue weighted by atomic mass is 10.1. The summed E-state index contributed by atoms with van der Waals surface area (Å²) < 4.78 is 38.1. The maximum Gasteiger partial charge on any atom is 0.417 e. The average molecular weight is 364 g/mol. The Morgan fingerprint density at radius 1 is 1.30 bits per heavy atom. The second kappa shape index (κ2) is 5.97. The monoisotopic (exact) mass is 363 g/mol. The van der Waals surface area contributed by atoms with Crippen LogP contribution in [-0.2, 0) is 12.7 Å². The van der Waals surface area contributed by atoms with Crippen LogP contribution in [0.2, 0.25) is 0 Å². The van der Waals surface area contributed by atoms with Crippen LogP contribution in [0.3, 0.4) is 0 Å². The molecule has 2 aromatic rings. The molecule has 0 saturated heterocycles. The number of hydrogen-bond donors (Lipinski definition) is 1. The van der Waals surface area contributed by atoms with Crippen molar-refractivity contribution in [3.63, 3.8) is 0 Å². The highest BCUT2D eigenvalue weighted by Crippen LogP contribution is 2.35. The number of halogens is 4. The van der Waals surface area contributed by atoms with Crippen molar-refractivity contribution in [1.29, 1.82) is 0 Å². The molecule has 2 nitrogen and oxygen atoms in total. The van der Waals surface area contributed by atoms with Crippen LogP contribution in [0.4, 0.5) is 13.2 Å². The first kappa shape index (κ1) is 15.1. The molecule has 0 bridgehead atoms. The zero-order chi connectivity index (χ0) is 14.8. The molecule has 1 aromatic carbocycles. The molecule has 0 radical (unpaired) electrons. The number of thiophene rings is 1. The molecule has 20 heavy (non-hydrogen) atoms. The molecule has 0 aliphatic heterocycles. The number of alkyl halides is 3. The van der Waals surface area contributed by atoms with Crippen LogP contribution in [0.15, 0.2) is 40.2 Å². The molecule has 1 aromatic heterocycles. The summed E-state index contributed by atoms with van der Waals surface area (Å²) in [6, 6.07) is 7.10. The van der Waals surface area contributed by atoms with Crippen molar-refractivity contribution in [3.05, 3.63) is 56.2 Å². The molecular weight excluding hydrogens is 355 g/mol. The van der Waals surface area contributed by atoms with Crippen molar-refractivity contribution in [2.75, 3.05) is 0 Å². The maximum absolute atomic E-state index is 12.7. The lowest BCUT2D eigenvalue weighted by Gasteiger charge is -2.11. The van der Waals surface area contributed by atoms with E-state index in [9.17, 15) is 18.0 Å². The summed E-state index contributed by atoms with van der Waals surface area (Å²) in [6.07, 6.45) is -4.50. The van der Waals surface area contributed by atoms with Gasteiger partial charge < -0.3 is 5.32 Å². The zero-order valence-corrected chi connectivity index (χ0v) is 12.4. The number of benzene rings is 1. The lowest BCUT2D eigenvalue weighted by molar-refractivity contribution is -0.138. The molecule has 1 heterocycles. The minimum Gasteiger partial charge on any atom is -0.347 e. The number of hydrogen-bond acceptors (Lipinski definition) is 2. The minimum atomic E-state index is -4.50. The fourth-order valence-electron chi connectivity index (χ4n) is 1.57. The van der Waals surface area contributed by atoms with Crippen molar-refractivity contribution < 1.29 is 18.0 Å². The number of nitrogens with one attached hydrogen (secondary N) is 1. The summed E-state index contributed by atoms with van der Waals surface area (Å²) >= 11 is 4.30. The molecule has 2 rings (SSSR count). The van der Waals surface area contributed by atoms with Gasteiger partial charge in [-0.05, 0) is 29.6 Å². The second-order valence-corrected chi connectivity index (χ2v) is 5.84. The minimum absolute atomic E-state index is 0.0166. The number of carbonyl (C=O) groups is 1. The van der Waals surface area contributed by atoms with E-state index in [4.69, 9.17) is 0 Å². The van der Waals surface area contributed by atoms with Gasteiger partial charge in [-0.15, -0.1) is 11.3 Å². The Hall–Kier alpha value is -1.34. The van der Waals surface area contributed by atoms with Gasteiger partial charge in [-0.1, -0.05) is 22.0 Å². The molecular formula is C13H9BrF3NOS. The third kappa shape index (κ3) is 3.61. The van der Waals surface area contributed by atoms with Crippen LogP contribution < -0.4 is 5.32 Å². The van der Waals surface area contributed by atoms with Crippen LogP contribution in [-0.4, -0.2) is 5.91 Å². The predicted molar refractivity (Wildman–Crippen MR) is 74.6 cm³/mol. The molecule has 0 fully saturated rings. The number of carbonyl (C=O) groups excluding carboxylic acids is 1. The highest BCUT2D eigenvalue weighted by atomic mass is 79.9. The van der Waals surface area contributed by atoms with E-state index in [-0.39, 0.29) is 10.0 Å². The van der Waals surface area contributed by atoms with Crippen LogP contribution >= 0.6 is 27.3 Å². The van der Waals surface area contributed by atoms with Gasteiger partial charge in [-0.25, -0.2) is 0 Å². The SMILES string of the molecule is O=C(NCc1cccs1)c1ccc(Br)c(C(F)(F)F)c1. The summed E-state index contributed by atoms with van der Waals surface area (Å²) in [6.45, 7) is 0.300. The molecule has 106 valence electrons. The summed E-state index contributed by atoms with van der Waals surface area (Å²) in [5, 5.41) is 4.45. The van der Waals surface area contributed by atoms with Crippen molar-refractivity contribution in [1.82, 2.24) is 5.32 Å². The molecule has 0 saturated carbocycles. The van der Waals surface area contributed by atoms with Gasteiger partial charge >= 0.3 is 6.18 Å². The molecule has 0 aliphatic carbocycles. The van der Waals surface area contributed by atoms with Crippen molar-refractivity contribution in [2.45, 2.75) is 12.7 Å². The van der Waals surface area contributed by atoms with Gasteiger partial charge in [0.05, 0.1) is 12.1 Å². The van der Waals surface area contributed by atoms with E-state index in [1.807, 2.05) is 17.5 Å². The fraction of sp³-hybridized carbons (Fsp3) is 0.154. The quantitative estimate of drug-likeness (QED) is 0.856. The van der Waals surface area contributed by atoms with Gasteiger partial charge in [0.15, 0.2) is 0 Å². The van der Waals surface area contributed by atoms with E-state index in [2.05, 4.69) is 21.2 Å². The highest BCUT2D eigenvalue weighted by Gasteiger charge is 2.33. The van der Waals surface area contributed by atoms with Gasteiger partial charge in [0.2, 0.25) is 0 Å². The third-order valence-electron chi connectivity index (χ3n) is 2.54. The van der Waals surface area contributed by atoms with Crippen molar-refractivity contribution in [3.8, 4) is 0 Å². The lowest BCUT2D eigenvalue weighted by Crippen LogP contribution is -2.23. The zero-order valence-electron chi connectivity index (χ0n) is 10.00. The van der Waals surface area contributed by atoms with E-state index >= 15 is 0 Å². The van der Waals surface area contributed by atoms with Gasteiger partial charge in [0.25, 0.3) is 5.91 Å². The first-order valence-corrected chi connectivity index (χ1v) is 7.22. The fourth-order valence-corrected chi connectivity index (χ4v) is 2.68.